The predicted molar refractivity (Wildman–Crippen MR) is 90.0 cm³/mol. The monoisotopic (exact) mass is 326 g/mol. The average molecular weight is 326 g/mol. The number of nitrogens with one attached hydrogen (secondary N) is 1. The Labute approximate surface area is 140 Å². The van der Waals surface area contributed by atoms with Gasteiger partial charge in [-0.3, -0.25) is 0 Å². The van der Waals surface area contributed by atoms with E-state index in [1.165, 1.54) is 0 Å². The summed E-state index contributed by atoms with van der Waals surface area (Å²) in [5.41, 5.74) is 1.02. The lowest BCUT2D eigenvalue weighted by molar-refractivity contribution is 0.464. The van der Waals surface area contributed by atoms with Gasteiger partial charge in [-0.1, -0.05) is 20.8 Å². The van der Waals surface area contributed by atoms with Gasteiger partial charge in [0.15, 0.2) is 0 Å². The molecule has 0 aliphatic carbocycles. The molecule has 1 N–H and O–H groups in total. The van der Waals surface area contributed by atoms with E-state index in [4.69, 9.17) is 0 Å². The Bertz CT molecular complexity index is 849. The Hall–Kier alpha value is -2.51. The van der Waals surface area contributed by atoms with E-state index in [9.17, 15) is 0 Å². The highest BCUT2D eigenvalue weighted by Crippen LogP contribution is 2.22. The Kier molecular flexibility index (Phi) is 3.66. The van der Waals surface area contributed by atoms with Crippen molar-refractivity contribution >= 4 is 11.6 Å². The fourth-order valence-corrected chi connectivity index (χ4v) is 3.20. The van der Waals surface area contributed by atoms with Crippen molar-refractivity contribution in [1.29, 1.82) is 0 Å². The summed E-state index contributed by atoms with van der Waals surface area (Å²) in [6.07, 6.45) is 4.41. The van der Waals surface area contributed by atoms with Crippen molar-refractivity contribution in [1.82, 2.24) is 34.3 Å². The molecule has 8 nitrogen and oxygen atoms in total. The van der Waals surface area contributed by atoms with Crippen molar-refractivity contribution in [3.63, 3.8) is 0 Å². The summed E-state index contributed by atoms with van der Waals surface area (Å²) in [6, 6.07) is 2.39. The van der Waals surface area contributed by atoms with Gasteiger partial charge in [0.2, 0.25) is 0 Å². The molecule has 0 spiro atoms. The Morgan fingerprint density at radius 1 is 1.33 bits per heavy atom. The van der Waals surface area contributed by atoms with Crippen LogP contribution in [0.1, 0.15) is 50.5 Å². The second-order valence-corrected chi connectivity index (χ2v) is 6.57. The van der Waals surface area contributed by atoms with E-state index in [2.05, 4.69) is 62.0 Å². The summed E-state index contributed by atoms with van der Waals surface area (Å²) < 4.78 is 4.01. The molecule has 1 aliphatic heterocycles. The first-order valence-corrected chi connectivity index (χ1v) is 8.54. The van der Waals surface area contributed by atoms with E-state index in [1.807, 2.05) is 0 Å². The molecule has 1 aliphatic rings. The van der Waals surface area contributed by atoms with E-state index in [0.717, 1.165) is 49.0 Å². The maximum absolute atomic E-state index is 4.57. The van der Waals surface area contributed by atoms with Gasteiger partial charge in [-0.2, -0.15) is 14.6 Å². The lowest BCUT2D eigenvalue weighted by Gasteiger charge is -2.26. The summed E-state index contributed by atoms with van der Waals surface area (Å²) in [5, 5.41) is 16.5. The van der Waals surface area contributed by atoms with E-state index in [1.54, 1.807) is 10.8 Å². The van der Waals surface area contributed by atoms with Gasteiger partial charge in [0, 0.05) is 31.5 Å². The first-order chi connectivity index (χ1) is 11.7. The molecule has 0 aromatic carbocycles. The minimum Gasteiger partial charge on any atom is -0.365 e. The number of fused-ring (bicyclic) bond motifs is 2. The highest BCUT2D eigenvalue weighted by molar-refractivity contribution is 5.46. The maximum Gasteiger partial charge on any atom is 0.254 e. The van der Waals surface area contributed by atoms with Gasteiger partial charge in [-0.05, 0) is 12.3 Å². The van der Waals surface area contributed by atoms with Crippen LogP contribution in [-0.4, -0.2) is 40.4 Å². The summed E-state index contributed by atoms with van der Waals surface area (Å²) >= 11 is 0. The minimum atomic E-state index is 0.314. The molecular weight excluding hydrogens is 304 g/mol. The third-order valence-corrected chi connectivity index (χ3v) is 4.55. The van der Waals surface area contributed by atoms with E-state index in [-0.39, 0.29) is 0 Å². The molecule has 0 saturated carbocycles. The lowest BCUT2D eigenvalue weighted by atomic mass is 10.1. The standard InChI is InChI=1S/C16H22N8/c1-4-13-21-22-14-6-5-11(8-23(13)14)19-15-7-12(10(2)3)20-16-17-9-18-24(15)16/h7,9-11,19H,4-6,8H2,1-3H3/t11-/m0/s1. The molecule has 4 rings (SSSR count). The van der Waals surface area contributed by atoms with Gasteiger partial charge >= 0.3 is 0 Å². The van der Waals surface area contributed by atoms with Gasteiger partial charge in [-0.25, -0.2) is 4.98 Å². The molecule has 1 atom stereocenters. The quantitative estimate of drug-likeness (QED) is 0.787. The van der Waals surface area contributed by atoms with Gasteiger partial charge in [0.05, 0.1) is 5.69 Å². The molecule has 0 bridgehead atoms. The fraction of sp³-hybridized carbons (Fsp3) is 0.562. The molecule has 0 amide bonds. The van der Waals surface area contributed by atoms with Crippen LogP contribution < -0.4 is 5.32 Å². The first kappa shape index (κ1) is 15.0. The van der Waals surface area contributed by atoms with E-state index < -0.39 is 0 Å². The Morgan fingerprint density at radius 2 is 2.21 bits per heavy atom. The topological polar surface area (TPSA) is 85.8 Å². The number of hydrogen-bond acceptors (Lipinski definition) is 6. The van der Waals surface area contributed by atoms with Crippen molar-refractivity contribution in [2.75, 3.05) is 5.32 Å². The van der Waals surface area contributed by atoms with Crippen molar-refractivity contribution in [2.45, 2.75) is 58.5 Å². The van der Waals surface area contributed by atoms with Crippen LogP contribution in [0.15, 0.2) is 12.4 Å². The van der Waals surface area contributed by atoms with Crippen LogP contribution in [0.5, 0.6) is 0 Å². The molecule has 126 valence electrons. The molecule has 0 unspecified atom stereocenters. The second-order valence-electron chi connectivity index (χ2n) is 6.57. The molecule has 4 heterocycles. The molecule has 8 heteroatoms. The molecule has 24 heavy (non-hydrogen) atoms. The van der Waals surface area contributed by atoms with Crippen molar-refractivity contribution in [3.05, 3.63) is 29.7 Å². The highest BCUT2D eigenvalue weighted by atomic mass is 15.4. The second kappa shape index (κ2) is 5.85. The number of rotatable bonds is 4. The highest BCUT2D eigenvalue weighted by Gasteiger charge is 2.23. The number of aryl methyl sites for hydroxylation is 2. The van der Waals surface area contributed by atoms with Crippen LogP contribution in [0.3, 0.4) is 0 Å². The van der Waals surface area contributed by atoms with Crippen LogP contribution in [-0.2, 0) is 19.4 Å². The smallest absolute Gasteiger partial charge is 0.254 e. The number of nitrogens with zero attached hydrogens (tertiary/aromatic N) is 7. The van der Waals surface area contributed by atoms with Gasteiger partial charge in [0.25, 0.3) is 5.78 Å². The summed E-state index contributed by atoms with van der Waals surface area (Å²) in [4.78, 5) is 8.81. The van der Waals surface area contributed by atoms with Crippen LogP contribution in [0, 0.1) is 0 Å². The number of hydrogen-bond donors (Lipinski definition) is 1. The zero-order valence-corrected chi connectivity index (χ0v) is 14.3. The SMILES string of the molecule is CCc1nnc2n1C[C@@H](Nc1cc(C(C)C)nc3ncnn13)CC2. The van der Waals surface area contributed by atoms with Crippen LogP contribution in [0.2, 0.25) is 0 Å². The van der Waals surface area contributed by atoms with Gasteiger partial charge in [-0.15, -0.1) is 10.2 Å². The largest absolute Gasteiger partial charge is 0.365 e. The molecular formula is C16H22N8. The van der Waals surface area contributed by atoms with E-state index in [0.29, 0.717) is 17.7 Å². The van der Waals surface area contributed by atoms with Crippen LogP contribution in [0.25, 0.3) is 5.78 Å². The third kappa shape index (κ3) is 2.51. The minimum absolute atomic E-state index is 0.314. The third-order valence-electron chi connectivity index (χ3n) is 4.55. The van der Waals surface area contributed by atoms with Crippen LogP contribution >= 0.6 is 0 Å². The van der Waals surface area contributed by atoms with Gasteiger partial charge < -0.3 is 9.88 Å². The van der Waals surface area contributed by atoms with Crippen molar-refractivity contribution < 1.29 is 0 Å². The summed E-state index contributed by atoms with van der Waals surface area (Å²) in [5.74, 6) is 4.07. The normalized spacial score (nSPS) is 17.4. The Balaban J connectivity index is 1.64. The molecule has 0 fully saturated rings. The Morgan fingerprint density at radius 3 is 3.00 bits per heavy atom. The zero-order valence-electron chi connectivity index (χ0n) is 14.3. The fourth-order valence-electron chi connectivity index (χ4n) is 3.20. The molecule has 0 radical (unpaired) electrons. The molecule has 3 aromatic rings. The summed E-state index contributed by atoms with van der Waals surface area (Å²) in [6.45, 7) is 7.26. The van der Waals surface area contributed by atoms with Crippen molar-refractivity contribution in [2.24, 2.45) is 0 Å². The van der Waals surface area contributed by atoms with Crippen LogP contribution in [0.4, 0.5) is 5.82 Å². The number of anilines is 1. The molecule has 3 aromatic heterocycles. The summed E-state index contributed by atoms with van der Waals surface area (Å²) in [7, 11) is 0. The number of aromatic nitrogens is 7. The van der Waals surface area contributed by atoms with Gasteiger partial charge in [0.1, 0.15) is 23.8 Å². The predicted octanol–water partition coefficient (Wildman–Crippen LogP) is 1.83. The van der Waals surface area contributed by atoms with Crippen molar-refractivity contribution in [3.8, 4) is 0 Å². The van der Waals surface area contributed by atoms with E-state index >= 15 is 0 Å². The lowest BCUT2D eigenvalue weighted by Crippen LogP contribution is -2.33. The molecule has 0 saturated heterocycles. The average Bonchev–Trinajstić information content (AvgIpc) is 3.20. The zero-order chi connectivity index (χ0) is 16.7. The maximum atomic E-state index is 4.57. The first-order valence-electron chi connectivity index (χ1n) is 8.54.